The smallest absolute Gasteiger partial charge is 0.251 e. The average Bonchev–Trinajstić information content (AvgIpc) is 3.15. The van der Waals surface area contributed by atoms with Crippen LogP contribution in [0.4, 0.5) is 0 Å². The van der Waals surface area contributed by atoms with Gasteiger partial charge in [-0.25, -0.2) is 0 Å². The Morgan fingerprint density at radius 2 is 1.89 bits per heavy atom. The van der Waals surface area contributed by atoms with Crippen molar-refractivity contribution in [3.05, 3.63) is 35.4 Å². The molecule has 1 fully saturated rings. The molecule has 1 aromatic carbocycles. The largest absolute Gasteiger partial charge is 0.385 e. The first kappa shape index (κ1) is 24.7. The summed E-state index contributed by atoms with van der Waals surface area (Å²) in [5.74, 6) is 0.733. The summed E-state index contributed by atoms with van der Waals surface area (Å²) in [4.78, 5) is 16.5. The van der Waals surface area contributed by atoms with Crippen molar-refractivity contribution in [1.82, 2.24) is 16.0 Å². The van der Waals surface area contributed by atoms with Crippen LogP contribution in [0.25, 0.3) is 0 Å². The van der Waals surface area contributed by atoms with Crippen molar-refractivity contribution in [1.29, 1.82) is 0 Å². The summed E-state index contributed by atoms with van der Waals surface area (Å²) in [6.07, 6.45) is 6.16. The number of aliphatic imine (C=N–C) groups is 1. The van der Waals surface area contributed by atoms with Gasteiger partial charge in [-0.2, -0.15) is 0 Å². The normalized spacial score (nSPS) is 15.6. The maximum atomic E-state index is 12.2. The number of carbonyl (C=O) groups excluding carboxylic acids is 1. The molecule has 1 aliphatic carbocycles. The third-order valence-corrected chi connectivity index (χ3v) is 5.34. The number of hydrogen-bond acceptors (Lipinski definition) is 3. The summed E-state index contributed by atoms with van der Waals surface area (Å²) in [5, 5.41) is 9.67. The highest BCUT2D eigenvalue weighted by Gasteiger charge is 2.33. The van der Waals surface area contributed by atoms with Gasteiger partial charge in [0.1, 0.15) is 0 Å². The van der Waals surface area contributed by atoms with E-state index in [0.29, 0.717) is 24.1 Å². The van der Waals surface area contributed by atoms with Gasteiger partial charge in [0.2, 0.25) is 0 Å². The number of benzene rings is 1. The van der Waals surface area contributed by atoms with Crippen LogP contribution in [0.2, 0.25) is 0 Å². The number of aryl methyl sites for hydroxylation is 1. The molecule has 7 heteroatoms. The van der Waals surface area contributed by atoms with Crippen LogP contribution in [-0.4, -0.2) is 52.3 Å². The molecule has 0 atom stereocenters. The summed E-state index contributed by atoms with van der Waals surface area (Å²) in [7, 11) is 3.54. The van der Waals surface area contributed by atoms with Gasteiger partial charge in [0.05, 0.1) is 0 Å². The zero-order valence-corrected chi connectivity index (χ0v) is 19.7. The van der Waals surface area contributed by atoms with E-state index in [1.807, 2.05) is 31.2 Å². The SMILES string of the molecule is CN=C(NCCNC(=O)c1cccc(C)c1)NCC1(CCOC)CCCC1.I. The molecule has 0 bridgehead atoms. The van der Waals surface area contributed by atoms with Crippen LogP contribution in [0.3, 0.4) is 0 Å². The Morgan fingerprint density at radius 1 is 1.18 bits per heavy atom. The molecule has 0 radical (unpaired) electrons. The first-order valence-corrected chi connectivity index (χ1v) is 9.87. The van der Waals surface area contributed by atoms with Gasteiger partial charge in [-0.1, -0.05) is 30.5 Å². The van der Waals surface area contributed by atoms with E-state index in [2.05, 4.69) is 20.9 Å². The first-order valence-electron chi connectivity index (χ1n) is 9.87. The monoisotopic (exact) mass is 502 g/mol. The lowest BCUT2D eigenvalue weighted by Crippen LogP contribution is -2.45. The van der Waals surface area contributed by atoms with E-state index in [4.69, 9.17) is 4.74 Å². The Balaban J connectivity index is 0.00000392. The molecule has 158 valence electrons. The highest BCUT2D eigenvalue weighted by atomic mass is 127. The Morgan fingerprint density at radius 3 is 2.54 bits per heavy atom. The highest BCUT2D eigenvalue weighted by molar-refractivity contribution is 14.0. The van der Waals surface area contributed by atoms with Crippen molar-refractivity contribution in [2.24, 2.45) is 10.4 Å². The fraction of sp³-hybridized carbons (Fsp3) is 0.619. The molecule has 0 heterocycles. The molecule has 3 N–H and O–H groups in total. The lowest BCUT2D eigenvalue weighted by atomic mass is 9.83. The molecule has 0 spiro atoms. The van der Waals surface area contributed by atoms with E-state index in [0.717, 1.165) is 31.1 Å². The van der Waals surface area contributed by atoms with Crippen LogP contribution in [0.1, 0.15) is 48.0 Å². The second kappa shape index (κ2) is 13.0. The molecule has 28 heavy (non-hydrogen) atoms. The number of amides is 1. The number of rotatable bonds is 9. The fourth-order valence-electron chi connectivity index (χ4n) is 3.70. The molecular formula is C21H35IN4O2. The zero-order valence-electron chi connectivity index (χ0n) is 17.3. The molecule has 2 rings (SSSR count). The van der Waals surface area contributed by atoms with Crippen LogP contribution in [-0.2, 0) is 4.74 Å². The van der Waals surface area contributed by atoms with Crippen molar-refractivity contribution in [2.75, 3.05) is 40.4 Å². The topological polar surface area (TPSA) is 74.8 Å². The Hall–Kier alpha value is -1.35. The van der Waals surface area contributed by atoms with E-state index in [1.54, 1.807) is 14.2 Å². The standard InChI is InChI=1S/C21H34N4O2.HI/c1-17-7-6-8-18(15-17)19(26)23-12-13-24-20(22-2)25-16-21(11-14-27-3)9-4-5-10-21;/h6-8,15H,4-5,9-14,16H2,1-3H3,(H,23,26)(H2,22,24,25);1H. The molecule has 1 amide bonds. The second-order valence-corrected chi connectivity index (χ2v) is 7.43. The summed E-state index contributed by atoms with van der Waals surface area (Å²) in [6, 6.07) is 7.61. The lowest BCUT2D eigenvalue weighted by Gasteiger charge is -2.30. The number of guanidine groups is 1. The maximum absolute atomic E-state index is 12.2. The number of hydrogen-bond donors (Lipinski definition) is 3. The first-order chi connectivity index (χ1) is 13.1. The summed E-state index contributed by atoms with van der Waals surface area (Å²) < 4.78 is 5.29. The molecule has 0 aromatic heterocycles. The Kier molecular flexibility index (Phi) is 11.4. The number of methoxy groups -OCH3 is 1. The van der Waals surface area contributed by atoms with Crippen molar-refractivity contribution in [3.8, 4) is 0 Å². The van der Waals surface area contributed by atoms with Crippen molar-refractivity contribution < 1.29 is 9.53 Å². The molecule has 1 aliphatic rings. The minimum Gasteiger partial charge on any atom is -0.385 e. The predicted octanol–water partition coefficient (Wildman–Crippen LogP) is 3.10. The summed E-state index contributed by atoms with van der Waals surface area (Å²) in [6.45, 7) is 4.87. The van der Waals surface area contributed by atoms with Crippen LogP contribution in [0, 0.1) is 12.3 Å². The predicted molar refractivity (Wildman–Crippen MR) is 126 cm³/mol. The molecule has 1 aromatic rings. The molecule has 0 unspecified atom stereocenters. The van der Waals surface area contributed by atoms with Crippen LogP contribution in [0.5, 0.6) is 0 Å². The van der Waals surface area contributed by atoms with Crippen molar-refractivity contribution in [3.63, 3.8) is 0 Å². The van der Waals surface area contributed by atoms with E-state index >= 15 is 0 Å². The van der Waals surface area contributed by atoms with Crippen LogP contribution >= 0.6 is 24.0 Å². The van der Waals surface area contributed by atoms with Gasteiger partial charge in [0.25, 0.3) is 5.91 Å². The van der Waals surface area contributed by atoms with E-state index in [9.17, 15) is 4.79 Å². The molecule has 0 aliphatic heterocycles. The van der Waals surface area contributed by atoms with Gasteiger partial charge in [0.15, 0.2) is 5.96 Å². The van der Waals surface area contributed by atoms with E-state index in [1.165, 1.54) is 25.7 Å². The third-order valence-electron chi connectivity index (χ3n) is 5.34. The van der Waals surface area contributed by atoms with Gasteiger partial charge < -0.3 is 20.7 Å². The highest BCUT2D eigenvalue weighted by Crippen LogP contribution is 2.40. The summed E-state index contributed by atoms with van der Waals surface area (Å²) >= 11 is 0. The molecule has 0 saturated heterocycles. The van der Waals surface area contributed by atoms with Crippen molar-refractivity contribution >= 4 is 35.8 Å². The fourth-order valence-corrected chi connectivity index (χ4v) is 3.70. The van der Waals surface area contributed by atoms with Gasteiger partial charge in [-0.3, -0.25) is 9.79 Å². The number of halogens is 1. The minimum atomic E-state index is -0.0482. The number of ether oxygens (including phenoxy) is 1. The average molecular weight is 502 g/mol. The quantitative estimate of drug-likeness (QED) is 0.210. The minimum absolute atomic E-state index is 0. The van der Waals surface area contributed by atoms with Crippen molar-refractivity contribution in [2.45, 2.75) is 39.0 Å². The van der Waals surface area contributed by atoms with Crippen LogP contribution < -0.4 is 16.0 Å². The van der Waals surface area contributed by atoms with Gasteiger partial charge in [-0.15, -0.1) is 24.0 Å². The van der Waals surface area contributed by atoms with E-state index < -0.39 is 0 Å². The lowest BCUT2D eigenvalue weighted by molar-refractivity contribution is 0.0954. The number of nitrogens with zero attached hydrogens (tertiary/aromatic N) is 1. The summed E-state index contributed by atoms with van der Waals surface area (Å²) in [5.41, 5.74) is 2.09. The van der Waals surface area contributed by atoms with Crippen LogP contribution in [0.15, 0.2) is 29.3 Å². The van der Waals surface area contributed by atoms with Gasteiger partial charge in [0, 0.05) is 46.0 Å². The van der Waals surface area contributed by atoms with Gasteiger partial charge >= 0.3 is 0 Å². The Bertz CT molecular complexity index is 631. The number of carbonyl (C=O) groups is 1. The third kappa shape index (κ3) is 7.95. The molecular weight excluding hydrogens is 467 g/mol. The zero-order chi connectivity index (χ0) is 19.5. The Labute approximate surface area is 186 Å². The number of nitrogens with one attached hydrogen (secondary N) is 3. The second-order valence-electron chi connectivity index (χ2n) is 7.43. The van der Waals surface area contributed by atoms with E-state index in [-0.39, 0.29) is 29.9 Å². The molecule has 1 saturated carbocycles. The maximum Gasteiger partial charge on any atom is 0.251 e. The molecule has 6 nitrogen and oxygen atoms in total. The van der Waals surface area contributed by atoms with Gasteiger partial charge in [-0.05, 0) is 43.7 Å².